The van der Waals surface area contributed by atoms with E-state index in [0.717, 1.165) is 42.6 Å². The molecule has 0 unspecified atom stereocenters. The lowest BCUT2D eigenvalue weighted by molar-refractivity contribution is -0.156. The molecule has 2 heterocycles. The lowest BCUT2D eigenvalue weighted by Gasteiger charge is -2.40. The molecule has 2 aliphatic rings. The van der Waals surface area contributed by atoms with Crippen molar-refractivity contribution in [2.45, 2.75) is 91.6 Å². The zero-order chi connectivity index (χ0) is 29.8. The number of amides is 4. The normalized spacial score (nSPS) is 18.4. The summed E-state index contributed by atoms with van der Waals surface area (Å²) < 4.78 is 2.02. The van der Waals surface area contributed by atoms with E-state index >= 15 is 0 Å². The number of nitrogens with one attached hydrogen (secondary N) is 1. The van der Waals surface area contributed by atoms with Crippen molar-refractivity contribution in [1.82, 2.24) is 24.7 Å². The van der Waals surface area contributed by atoms with Crippen LogP contribution in [0, 0.1) is 31.1 Å². The van der Waals surface area contributed by atoms with Crippen molar-refractivity contribution >= 4 is 24.1 Å². The maximum atomic E-state index is 13.8. The average Bonchev–Trinajstić information content (AvgIpc) is 3.53. The molecule has 1 saturated heterocycles. The number of carbonyl (C=O) groups is 4. The molecular formula is C30H49N5O5. The van der Waals surface area contributed by atoms with Gasteiger partial charge in [0.25, 0.3) is 5.91 Å². The topological polar surface area (TPSA) is 115 Å². The lowest BCUT2D eigenvalue weighted by Crippen LogP contribution is -2.58. The number of hydrogen-bond acceptors (Lipinski definition) is 5. The third-order valence-corrected chi connectivity index (χ3v) is 9.04. The molecule has 3 rings (SSSR count). The molecular weight excluding hydrogens is 510 g/mol. The van der Waals surface area contributed by atoms with Crippen LogP contribution >= 0.6 is 0 Å². The van der Waals surface area contributed by atoms with Gasteiger partial charge in [-0.25, -0.2) is 5.06 Å². The summed E-state index contributed by atoms with van der Waals surface area (Å²) in [5.41, 5.74) is 2.16. The largest absolute Gasteiger partial charge is 0.351 e. The summed E-state index contributed by atoms with van der Waals surface area (Å²) in [7, 11) is 3.73. The van der Waals surface area contributed by atoms with Gasteiger partial charge in [0.05, 0.1) is 18.0 Å². The number of piperidine rings is 1. The van der Waals surface area contributed by atoms with Crippen molar-refractivity contribution in [2.75, 3.05) is 26.7 Å². The molecule has 1 aliphatic heterocycles. The van der Waals surface area contributed by atoms with Crippen molar-refractivity contribution < 1.29 is 24.4 Å². The fourth-order valence-electron chi connectivity index (χ4n) is 6.17. The van der Waals surface area contributed by atoms with Crippen molar-refractivity contribution in [2.24, 2.45) is 24.3 Å². The van der Waals surface area contributed by atoms with E-state index in [-0.39, 0.29) is 30.3 Å². The first-order valence-electron chi connectivity index (χ1n) is 14.6. The van der Waals surface area contributed by atoms with Crippen LogP contribution in [-0.2, 0) is 21.4 Å². The number of nitrogens with zero attached hydrogens (tertiary/aromatic N) is 4. The van der Waals surface area contributed by atoms with Gasteiger partial charge in [0, 0.05) is 44.6 Å². The number of aromatic nitrogens is 1. The van der Waals surface area contributed by atoms with Crippen LogP contribution in [0.15, 0.2) is 6.07 Å². The van der Waals surface area contributed by atoms with Gasteiger partial charge in [0.15, 0.2) is 0 Å². The van der Waals surface area contributed by atoms with Crippen LogP contribution in [0.1, 0.15) is 87.5 Å². The van der Waals surface area contributed by atoms with Crippen LogP contribution in [0.3, 0.4) is 0 Å². The highest BCUT2D eigenvalue weighted by Crippen LogP contribution is 2.31. The summed E-state index contributed by atoms with van der Waals surface area (Å²) in [6.07, 6.45) is 6.52. The number of hydroxylamine groups is 2. The highest BCUT2D eigenvalue weighted by Gasteiger charge is 2.39. The molecule has 1 saturated carbocycles. The quantitative estimate of drug-likeness (QED) is 0.259. The Hall–Kier alpha value is -2.88. The van der Waals surface area contributed by atoms with E-state index < -0.39 is 17.4 Å². The molecule has 1 aliphatic carbocycles. The van der Waals surface area contributed by atoms with Crippen molar-refractivity contribution in [3.05, 3.63) is 23.0 Å². The van der Waals surface area contributed by atoms with E-state index in [1.807, 2.05) is 57.2 Å². The summed E-state index contributed by atoms with van der Waals surface area (Å²) in [5, 5.41) is 13.4. The van der Waals surface area contributed by atoms with E-state index in [9.17, 15) is 24.4 Å². The number of aryl methyl sites for hydroxylation is 1. The maximum Gasteiger partial charge on any atom is 0.255 e. The van der Waals surface area contributed by atoms with Gasteiger partial charge >= 0.3 is 0 Å². The Morgan fingerprint density at radius 1 is 1.12 bits per heavy atom. The van der Waals surface area contributed by atoms with E-state index in [4.69, 9.17) is 0 Å². The predicted octanol–water partition coefficient (Wildman–Crippen LogP) is 3.28. The van der Waals surface area contributed by atoms with Crippen LogP contribution in [0.2, 0.25) is 0 Å². The zero-order valence-electron chi connectivity index (χ0n) is 25.4. The van der Waals surface area contributed by atoms with Crippen LogP contribution in [0.5, 0.6) is 0 Å². The summed E-state index contributed by atoms with van der Waals surface area (Å²) in [6.45, 7) is 10.7. The Balaban J connectivity index is 1.66. The van der Waals surface area contributed by atoms with Gasteiger partial charge in [0.2, 0.25) is 18.2 Å². The molecule has 40 heavy (non-hydrogen) atoms. The minimum Gasteiger partial charge on any atom is -0.351 e. The number of rotatable bonds is 10. The standard InChI is InChI=1S/C30H49N5O5/c1-20-16-25(21(2)32(20)6)28(38)34-14-12-24(13-15-34)33(7)29(39)26(30(3,4)5)31-27(37)23(18-35(40)19-36)17-22-10-8-9-11-22/h16,19,22-24,26,40H,8-15,17-18H2,1-7H3,(H,31,37)/t23-,26-/m1/s1. The second-order valence-electron chi connectivity index (χ2n) is 12.9. The fraction of sp³-hybridized carbons (Fsp3) is 0.733. The molecule has 4 amide bonds. The summed E-state index contributed by atoms with van der Waals surface area (Å²) in [6, 6.07) is 1.12. The molecule has 0 spiro atoms. The van der Waals surface area contributed by atoms with Gasteiger partial charge in [-0.15, -0.1) is 0 Å². The third kappa shape index (κ3) is 7.44. The van der Waals surface area contributed by atoms with Crippen molar-refractivity contribution in [1.29, 1.82) is 0 Å². The van der Waals surface area contributed by atoms with E-state index in [1.165, 1.54) is 0 Å². The van der Waals surface area contributed by atoms with E-state index in [0.29, 0.717) is 49.7 Å². The first-order chi connectivity index (χ1) is 18.7. The van der Waals surface area contributed by atoms with E-state index in [1.54, 1.807) is 11.9 Å². The average molecular weight is 560 g/mol. The number of carbonyl (C=O) groups excluding carboxylic acids is 4. The van der Waals surface area contributed by atoms with Gasteiger partial charge in [-0.3, -0.25) is 24.4 Å². The minimum absolute atomic E-state index is 0.0232. The van der Waals surface area contributed by atoms with Crippen molar-refractivity contribution in [3.63, 3.8) is 0 Å². The highest BCUT2D eigenvalue weighted by molar-refractivity contribution is 5.96. The minimum atomic E-state index is -0.769. The summed E-state index contributed by atoms with van der Waals surface area (Å²) >= 11 is 0. The molecule has 0 radical (unpaired) electrons. The first-order valence-corrected chi connectivity index (χ1v) is 14.6. The maximum absolute atomic E-state index is 13.8. The predicted molar refractivity (Wildman–Crippen MR) is 153 cm³/mol. The van der Waals surface area contributed by atoms with Crippen LogP contribution in [0.25, 0.3) is 0 Å². The monoisotopic (exact) mass is 559 g/mol. The van der Waals surface area contributed by atoms with Crippen LogP contribution < -0.4 is 5.32 Å². The zero-order valence-corrected chi connectivity index (χ0v) is 25.4. The number of likely N-dealkylation sites (tertiary alicyclic amines) is 1. The second kappa shape index (κ2) is 13.2. The van der Waals surface area contributed by atoms with Gasteiger partial charge in [-0.2, -0.15) is 0 Å². The molecule has 2 fully saturated rings. The molecule has 1 aromatic rings. The highest BCUT2D eigenvalue weighted by atomic mass is 16.5. The lowest BCUT2D eigenvalue weighted by atomic mass is 9.84. The molecule has 2 atom stereocenters. The SMILES string of the molecule is Cc1cc(C(=O)N2CCC(N(C)C(=O)[C@@H](NC(=O)[C@H](CC3CCCC3)CN(O)C=O)C(C)(C)C)CC2)c(C)n1C. The number of likely N-dealkylation sites (N-methyl/N-ethyl adjacent to an activating group) is 1. The molecule has 10 nitrogen and oxygen atoms in total. The molecule has 0 aromatic carbocycles. The van der Waals surface area contributed by atoms with Crippen LogP contribution in [0.4, 0.5) is 0 Å². The second-order valence-corrected chi connectivity index (χ2v) is 12.9. The Kier molecular flexibility index (Phi) is 10.4. The van der Waals surface area contributed by atoms with E-state index in [2.05, 4.69) is 5.32 Å². The summed E-state index contributed by atoms with van der Waals surface area (Å²) in [5.74, 6) is -0.686. The third-order valence-electron chi connectivity index (χ3n) is 9.04. The molecule has 1 aromatic heterocycles. The molecule has 10 heteroatoms. The van der Waals surface area contributed by atoms with Crippen LogP contribution in [-0.4, -0.2) is 87.5 Å². The van der Waals surface area contributed by atoms with Gasteiger partial charge in [-0.05, 0) is 50.5 Å². The molecule has 0 bridgehead atoms. The Morgan fingerprint density at radius 2 is 1.73 bits per heavy atom. The van der Waals surface area contributed by atoms with Gasteiger partial charge in [-0.1, -0.05) is 46.5 Å². The number of hydrogen-bond donors (Lipinski definition) is 2. The smallest absolute Gasteiger partial charge is 0.255 e. The Bertz CT molecular complexity index is 1060. The molecule has 224 valence electrons. The first kappa shape index (κ1) is 31.6. The Labute approximate surface area is 239 Å². The molecule has 2 N–H and O–H groups in total. The van der Waals surface area contributed by atoms with Gasteiger partial charge in [0.1, 0.15) is 6.04 Å². The fourth-order valence-corrected chi connectivity index (χ4v) is 6.17. The van der Waals surface area contributed by atoms with Gasteiger partial charge < -0.3 is 19.7 Å². The summed E-state index contributed by atoms with van der Waals surface area (Å²) in [4.78, 5) is 55.1. The van der Waals surface area contributed by atoms with Crippen molar-refractivity contribution in [3.8, 4) is 0 Å². The Morgan fingerprint density at radius 3 is 2.23 bits per heavy atom.